The molecule has 0 saturated carbocycles. The first-order valence-corrected chi connectivity index (χ1v) is 15.8. The smallest absolute Gasteiger partial charge is 0.233 e. The number of hydrogen-bond donors (Lipinski definition) is 0. The van der Waals surface area contributed by atoms with E-state index in [1.165, 1.54) is 28.1 Å². The van der Waals surface area contributed by atoms with Gasteiger partial charge in [-0.3, -0.25) is 9.78 Å². The van der Waals surface area contributed by atoms with E-state index in [2.05, 4.69) is 24.3 Å². The van der Waals surface area contributed by atoms with Crippen LogP contribution in [0.2, 0.25) is 0 Å². The summed E-state index contributed by atoms with van der Waals surface area (Å²) >= 11 is 1.67. The number of fused-ring (bicyclic) bond motifs is 3. The minimum atomic E-state index is -0.169. The van der Waals surface area contributed by atoms with Crippen LogP contribution in [-0.2, 0) is 30.5 Å². The van der Waals surface area contributed by atoms with Crippen LogP contribution in [0.1, 0.15) is 46.8 Å². The molecule has 0 N–H and O–H groups in total. The lowest BCUT2D eigenvalue weighted by atomic mass is 9.88. The fourth-order valence-corrected chi connectivity index (χ4v) is 7.64. The van der Waals surface area contributed by atoms with Crippen molar-refractivity contribution >= 4 is 28.6 Å². The molecular formula is C35H38N2O5S. The van der Waals surface area contributed by atoms with E-state index >= 15 is 0 Å². The van der Waals surface area contributed by atoms with Crippen LogP contribution in [0.15, 0.2) is 59.5 Å². The van der Waals surface area contributed by atoms with Gasteiger partial charge in [0.1, 0.15) is 0 Å². The van der Waals surface area contributed by atoms with E-state index in [0.29, 0.717) is 41.7 Å². The maximum absolute atomic E-state index is 14.2. The molecule has 2 aliphatic rings. The van der Waals surface area contributed by atoms with Crippen molar-refractivity contribution in [3.05, 3.63) is 82.5 Å². The molecule has 0 radical (unpaired) electrons. The molecule has 1 atom stereocenters. The van der Waals surface area contributed by atoms with Gasteiger partial charge in [-0.2, -0.15) is 0 Å². The number of nitrogens with zero attached hydrogens (tertiary/aromatic N) is 2. The average molecular weight is 599 g/mol. The highest BCUT2D eigenvalue weighted by Gasteiger charge is 2.33. The van der Waals surface area contributed by atoms with Crippen molar-refractivity contribution in [2.75, 3.05) is 40.7 Å². The van der Waals surface area contributed by atoms with Gasteiger partial charge < -0.3 is 23.8 Å². The third kappa shape index (κ3) is 5.73. The van der Waals surface area contributed by atoms with Gasteiger partial charge in [0.25, 0.3) is 0 Å². The summed E-state index contributed by atoms with van der Waals surface area (Å²) < 4.78 is 22.4. The molecule has 0 spiro atoms. The summed E-state index contributed by atoms with van der Waals surface area (Å²) in [5.74, 6) is 3.21. The SMILES string of the molecule is COc1ccc(CC2c3cc(OC)c(OC)cc3CCN2C(=O)CSc2c3c(nc4ccccc24)CCCC3)cc1OC. The van der Waals surface area contributed by atoms with Crippen LogP contribution < -0.4 is 18.9 Å². The Bertz CT molecular complexity index is 1660. The van der Waals surface area contributed by atoms with Gasteiger partial charge in [-0.25, -0.2) is 0 Å². The van der Waals surface area contributed by atoms with Crippen molar-refractivity contribution in [2.24, 2.45) is 0 Å². The molecule has 224 valence electrons. The van der Waals surface area contributed by atoms with Crippen LogP contribution in [0.25, 0.3) is 10.9 Å². The Morgan fingerprint density at radius 2 is 1.58 bits per heavy atom. The highest BCUT2D eigenvalue weighted by molar-refractivity contribution is 8.00. The van der Waals surface area contributed by atoms with Crippen LogP contribution in [0.3, 0.4) is 0 Å². The Hall–Kier alpha value is -3.91. The van der Waals surface area contributed by atoms with E-state index in [1.807, 2.05) is 35.2 Å². The molecule has 1 unspecified atom stereocenters. The van der Waals surface area contributed by atoms with Crippen LogP contribution in [-0.4, -0.2) is 56.5 Å². The molecule has 6 rings (SSSR count). The molecule has 7 nitrogen and oxygen atoms in total. The van der Waals surface area contributed by atoms with E-state index < -0.39 is 0 Å². The molecule has 1 aromatic heterocycles. The van der Waals surface area contributed by atoms with Gasteiger partial charge in [0.15, 0.2) is 23.0 Å². The summed E-state index contributed by atoms with van der Waals surface area (Å²) in [6.45, 7) is 0.634. The van der Waals surface area contributed by atoms with Crippen molar-refractivity contribution < 1.29 is 23.7 Å². The Balaban J connectivity index is 1.34. The number of carbonyl (C=O) groups is 1. The van der Waals surface area contributed by atoms with E-state index in [0.717, 1.165) is 47.7 Å². The van der Waals surface area contributed by atoms with Gasteiger partial charge in [0.2, 0.25) is 5.91 Å². The summed E-state index contributed by atoms with van der Waals surface area (Å²) in [5, 5.41) is 1.14. The van der Waals surface area contributed by atoms with Crippen molar-refractivity contribution in [3.63, 3.8) is 0 Å². The lowest BCUT2D eigenvalue weighted by molar-refractivity contribution is -0.131. The van der Waals surface area contributed by atoms with Crippen molar-refractivity contribution in [3.8, 4) is 23.0 Å². The van der Waals surface area contributed by atoms with Gasteiger partial charge in [0, 0.05) is 22.5 Å². The number of aryl methyl sites for hydroxylation is 1. The molecule has 1 amide bonds. The highest BCUT2D eigenvalue weighted by Crippen LogP contribution is 2.42. The second kappa shape index (κ2) is 12.8. The topological polar surface area (TPSA) is 70.1 Å². The Labute approximate surface area is 257 Å². The molecular weight excluding hydrogens is 560 g/mol. The molecule has 1 aliphatic heterocycles. The van der Waals surface area contributed by atoms with E-state index in [1.54, 1.807) is 40.2 Å². The number of rotatable bonds is 9. The summed E-state index contributed by atoms with van der Waals surface area (Å²) in [5.41, 5.74) is 6.85. The average Bonchev–Trinajstić information content (AvgIpc) is 3.05. The number of thioether (sulfide) groups is 1. The summed E-state index contributed by atoms with van der Waals surface area (Å²) in [4.78, 5) is 22.4. The second-order valence-corrected chi connectivity index (χ2v) is 12.0. The van der Waals surface area contributed by atoms with Crippen molar-refractivity contribution in [2.45, 2.75) is 49.5 Å². The maximum Gasteiger partial charge on any atom is 0.233 e. The summed E-state index contributed by atoms with van der Waals surface area (Å²) in [7, 11) is 6.58. The number of ether oxygens (including phenoxy) is 4. The van der Waals surface area contributed by atoms with Gasteiger partial charge in [-0.15, -0.1) is 11.8 Å². The van der Waals surface area contributed by atoms with E-state index in [9.17, 15) is 4.79 Å². The molecule has 4 aromatic rings. The normalized spacial score (nSPS) is 15.9. The Kier molecular flexibility index (Phi) is 8.66. The minimum absolute atomic E-state index is 0.126. The lowest BCUT2D eigenvalue weighted by Crippen LogP contribution is -2.42. The van der Waals surface area contributed by atoms with Crippen molar-refractivity contribution in [1.82, 2.24) is 9.88 Å². The standard InChI is InChI=1S/C35H38N2O5S/c1-39-30-14-13-22(18-31(30)40-2)17-29-26-20-33(42-4)32(41-3)19-23(26)15-16-37(29)34(38)21-43-35-24-9-5-7-11-27(24)36-28-12-8-6-10-25(28)35/h5,7,9,11,13-14,18-20,29H,6,8,10,12,15-17,21H2,1-4H3. The van der Waals surface area contributed by atoms with Crippen LogP contribution >= 0.6 is 11.8 Å². The molecule has 8 heteroatoms. The fraction of sp³-hybridized carbons (Fsp3) is 0.371. The maximum atomic E-state index is 14.2. The predicted molar refractivity (Wildman–Crippen MR) is 170 cm³/mol. The van der Waals surface area contributed by atoms with Crippen LogP contribution in [0.4, 0.5) is 0 Å². The summed E-state index contributed by atoms with van der Waals surface area (Å²) in [6, 6.07) is 18.2. The second-order valence-electron chi connectivity index (χ2n) is 11.0. The number of aromatic nitrogens is 1. The highest BCUT2D eigenvalue weighted by atomic mass is 32.2. The minimum Gasteiger partial charge on any atom is -0.493 e. The molecule has 1 aliphatic carbocycles. The van der Waals surface area contributed by atoms with Crippen LogP contribution in [0, 0.1) is 0 Å². The first-order valence-electron chi connectivity index (χ1n) is 14.8. The number of carbonyl (C=O) groups excluding carboxylic acids is 1. The predicted octanol–water partition coefficient (Wildman–Crippen LogP) is 6.61. The van der Waals surface area contributed by atoms with Crippen molar-refractivity contribution in [1.29, 1.82) is 0 Å². The number of hydrogen-bond acceptors (Lipinski definition) is 7. The number of methoxy groups -OCH3 is 4. The lowest BCUT2D eigenvalue weighted by Gasteiger charge is -2.38. The van der Waals surface area contributed by atoms with Crippen LogP contribution in [0.5, 0.6) is 23.0 Å². The molecule has 43 heavy (non-hydrogen) atoms. The number of pyridine rings is 1. The molecule has 2 heterocycles. The van der Waals surface area contributed by atoms with Gasteiger partial charge in [0.05, 0.1) is 45.8 Å². The monoisotopic (exact) mass is 598 g/mol. The van der Waals surface area contributed by atoms with Gasteiger partial charge in [-0.05, 0) is 91.1 Å². The third-order valence-corrected chi connectivity index (χ3v) is 9.80. The number of benzene rings is 3. The zero-order valence-electron chi connectivity index (χ0n) is 25.3. The van der Waals surface area contributed by atoms with E-state index in [4.69, 9.17) is 23.9 Å². The molecule has 3 aromatic carbocycles. The van der Waals surface area contributed by atoms with Gasteiger partial charge >= 0.3 is 0 Å². The molecule has 0 fully saturated rings. The number of amides is 1. The Morgan fingerprint density at radius 1 is 0.860 bits per heavy atom. The quantitative estimate of drug-likeness (QED) is 0.201. The zero-order valence-corrected chi connectivity index (χ0v) is 26.1. The van der Waals surface area contributed by atoms with Gasteiger partial charge in [-0.1, -0.05) is 24.3 Å². The first kappa shape index (κ1) is 29.2. The number of para-hydroxylation sites is 1. The largest absolute Gasteiger partial charge is 0.493 e. The zero-order chi connectivity index (χ0) is 29.9. The fourth-order valence-electron chi connectivity index (χ4n) is 6.49. The molecule has 0 saturated heterocycles. The Morgan fingerprint density at radius 3 is 2.37 bits per heavy atom. The molecule has 0 bridgehead atoms. The third-order valence-electron chi connectivity index (χ3n) is 8.66. The van der Waals surface area contributed by atoms with E-state index in [-0.39, 0.29) is 11.9 Å². The summed E-state index contributed by atoms with van der Waals surface area (Å²) in [6.07, 6.45) is 5.74. The first-order chi connectivity index (χ1) is 21.0.